The molecule has 1 saturated heterocycles. The molecule has 1 fully saturated rings. The lowest BCUT2D eigenvalue weighted by molar-refractivity contribution is -0.386. The van der Waals surface area contributed by atoms with Gasteiger partial charge in [0.15, 0.2) is 0 Å². The molecule has 0 spiro atoms. The van der Waals surface area contributed by atoms with Gasteiger partial charge in [-0.15, -0.1) is 0 Å². The van der Waals surface area contributed by atoms with Crippen molar-refractivity contribution in [3.05, 3.63) is 141 Å². The predicted octanol–water partition coefficient (Wildman–Crippen LogP) is 9.02. The third-order valence-corrected chi connectivity index (χ3v) is 14.3. The SMILES string of the molecule is COc1ccc(C[C@@H]2COc3cc(S(=O)(=O)NC(=O)c4ccc(N5CCN(CC6=C(c7ccc(Cl)cc7)CC(C)(C)CC6)CC5)cc4Oc4cnc5[nH]ccc5c4)cc([N+](=O)[O-])c3C2)nc1. The lowest BCUT2D eigenvalue weighted by Gasteiger charge is -2.39. The van der Waals surface area contributed by atoms with Crippen LogP contribution in [-0.2, 0) is 22.9 Å². The molecule has 0 unspecified atom stereocenters. The van der Waals surface area contributed by atoms with Crippen LogP contribution in [0.2, 0.25) is 5.02 Å². The van der Waals surface area contributed by atoms with Crippen LogP contribution in [0.4, 0.5) is 11.4 Å². The van der Waals surface area contributed by atoms with Crippen molar-refractivity contribution in [1.82, 2.24) is 24.6 Å². The van der Waals surface area contributed by atoms with Gasteiger partial charge in [0, 0.05) is 84.8 Å². The van der Waals surface area contributed by atoms with Gasteiger partial charge < -0.3 is 24.1 Å². The fourth-order valence-electron chi connectivity index (χ4n) is 9.11. The van der Waals surface area contributed by atoms with E-state index in [0.717, 1.165) is 66.8 Å². The highest BCUT2D eigenvalue weighted by Gasteiger charge is 2.33. The van der Waals surface area contributed by atoms with Crippen LogP contribution < -0.4 is 23.8 Å². The van der Waals surface area contributed by atoms with Crippen molar-refractivity contribution in [2.75, 3.05) is 51.3 Å². The van der Waals surface area contributed by atoms with Crippen molar-refractivity contribution in [1.29, 1.82) is 0 Å². The topological polar surface area (TPSA) is 182 Å². The number of methoxy groups -OCH3 is 1. The number of halogens is 1. The molecule has 66 heavy (non-hydrogen) atoms. The molecule has 342 valence electrons. The van der Waals surface area contributed by atoms with Crippen molar-refractivity contribution in [2.45, 2.75) is 50.8 Å². The highest BCUT2D eigenvalue weighted by atomic mass is 35.5. The van der Waals surface area contributed by atoms with Gasteiger partial charge in [0.2, 0.25) is 0 Å². The van der Waals surface area contributed by atoms with Crippen LogP contribution in [0.1, 0.15) is 60.3 Å². The fraction of sp³-hybridized carbons (Fsp3) is 0.327. The third kappa shape index (κ3) is 9.86. The maximum absolute atomic E-state index is 14.1. The Morgan fingerprint density at radius 1 is 1.00 bits per heavy atom. The Morgan fingerprint density at radius 3 is 2.53 bits per heavy atom. The molecule has 15 nitrogen and oxygen atoms in total. The number of aromatic amines is 1. The van der Waals surface area contributed by atoms with Crippen molar-refractivity contribution in [2.24, 2.45) is 11.3 Å². The Morgan fingerprint density at radius 2 is 1.79 bits per heavy atom. The first-order valence-electron chi connectivity index (χ1n) is 21.9. The Bertz CT molecular complexity index is 2950. The maximum Gasteiger partial charge on any atom is 0.277 e. The number of hydrogen-bond donors (Lipinski definition) is 2. The molecule has 2 N–H and O–H groups in total. The number of carbonyl (C=O) groups excluding carboxylic acids is 1. The number of H-pyrrole nitrogens is 1. The van der Waals surface area contributed by atoms with Crippen LogP contribution >= 0.6 is 11.6 Å². The molecule has 1 atom stereocenters. The molecular weight excluding hydrogens is 882 g/mol. The normalized spacial score (nSPS) is 17.5. The first kappa shape index (κ1) is 44.7. The number of nitro benzene ring substituents is 1. The first-order chi connectivity index (χ1) is 31.7. The van der Waals surface area contributed by atoms with E-state index >= 15 is 0 Å². The van der Waals surface area contributed by atoms with Crippen LogP contribution in [0.25, 0.3) is 16.6 Å². The second-order valence-corrected chi connectivity index (χ2v) is 20.1. The van der Waals surface area contributed by atoms with Crippen LogP contribution in [0.3, 0.4) is 0 Å². The van der Waals surface area contributed by atoms with Crippen LogP contribution in [0.5, 0.6) is 23.0 Å². The number of piperazine rings is 1. The minimum absolute atomic E-state index is 0.0595. The van der Waals surface area contributed by atoms with Gasteiger partial charge in [0.05, 0.1) is 47.1 Å². The molecule has 2 aliphatic heterocycles. The number of sulfonamides is 1. The molecule has 6 aromatic rings. The Balaban J connectivity index is 0.938. The lowest BCUT2D eigenvalue weighted by atomic mass is 9.72. The maximum atomic E-state index is 14.1. The number of hydrogen-bond acceptors (Lipinski definition) is 12. The number of fused-ring (bicyclic) bond motifs is 2. The van der Waals surface area contributed by atoms with E-state index in [2.05, 4.69) is 55.5 Å². The molecule has 3 aromatic carbocycles. The zero-order valence-electron chi connectivity index (χ0n) is 36.9. The summed E-state index contributed by atoms with van der Waals surface area (Å²) in [6.45, 7) is 8.76. The number of anilines is 1. The second-order valence-electron chi connectivity index (χ2n) is 17.9. The first-order valence-corrected chi connectivity index (χ1v) is 23.8. The Hall–Kier alpha value is -6.49. The smallest absolute Gasteiger partial charge is 0.277 e. The third-order valence-electron chi connectivity index (χ3n) is 12.7. The minimum atomic E-state index is -4.66. The molecule has 1 amide bonds. The summed E-state index contributed by atoms with van der Waals surface area (Å²) in [5.41, 5.74) is 6.30. The van der Waals surface area contributed by atoms with Crippen LogP contribution in [-0.4, -0.2) is 85.5 Å². The summed E-state index contributed by atoms with van der Waals surface area (Å²) in [4.78, 5) is 41.9. The number of pyridine rings is 2. The van der Waals surface area contributed by atoms with E-state index in [1.165, 1.54) is 35.0 Å². The van der Waals surface area contributed by atoms with Gasteiger partial charge in [0.1, 0.15) is 28.6 Å². The van der Waals surface area contributed by atoms with E-state index in [1.54, 1.807) is 43.8 Å². The molecule has 9 rings (SSSR count). The van der Waals surface area contributed by atoms with Crippen LogP contribution in [0.15, 0.2) is 108 Å². The predicted molar refractivity (Wildman–Crippen MR) is 252 cm³/mol. The molecular formula is C49H50ClN7O8S. The van der Waals surface area contributed by atoms with E-state index in [9.17, 15) is 23.3 Å². The largest absolute Gasteiger partial charge is 0.495 e. The number of nitrogens with zero attached hydrogens (tertiary/aromatic N) is 5. The molecule has 1 aliphatic carbocycles. The van der Waals surface area contributed by atoms with Gasteiger partial charge >= 0.3 is 0 Å². The van der Waals surface area contributed by atoms with Gasteiger partial charge in [-0.25, -0.2) is 18.1 Å². The molecule has 3 aromatic heterocycles. The average Bonchev–Trinajstić information content (AvgIpc) is 3.78. The van der Waals surface area contributed by atoms with Crippen molar-refractivity contribution < 1.29 is 32.3 Å². The summed E-state index contributed by atoms with van der Waals surface area (Å²) >= 11 is 6.25. The molecule has 3 aliphatic rings. The number of nitrogens with one attached hydrogen (secondary N) is 2. The van der Waals surface area contributed by atoms with Gasteiger partial charge in [-0.2, -0.15) is 0 Å². The quantitative estimate of drug-likeness (QED) is 0.0830. The fourth-order valence-corrected chi connectivity index (χ4v) is 10.2. The number of amides is 1. The molecule has 0 saturated carbocycles. The van der Waals surface area contributed by atoms with E-state index in [-0.39, 0.29) is 47.0 Å². The number of benzene rings is 3. The summed E-state index contributed by atoms with van der Waals surface area (Å²) in [5, 5.41) is 13.9. The highest BCUT2D eigenvalue weighted by Crippen LogP contribution is 2.44. The lowest BCUT2D eigenvalue weighted by Crippen LogP contribution is -2.47. The number of rotatable bonds is 13. The zero-order valence-corrected chi connectivity index (χ0v) is 38.5. The molecule has 5 heterocycles. The van der Waals surface area contributed by atoms with E-state index in [1.807, 2.05) is 24.3 Å². The summed E-state index contributed by atoms with van der Waals surface area (Å²) in [5.74, 6) is -0.0117. The van der Waals surface area contributed by atoms with E-state index in [0.29, 0.717) is 36.7 Å². The Kier molecular flexibility index (Phi) is 12.5. The Labute approximate surface area is 388 Å². The summed E-state index contributed by atoms with van der Waals surface area (Å²) in [6, 6.07) is 22.6. The van der Waals surface area contributed by atoms with Gasteiger partial charge in [-0.05, 0) is 97.2 Å². The summed E-state index contributed by atoms with van der Waals surface area (Å²) in [7, 11) is -3.11. The number of aromatic nitrogens is 3. The van der Waals surface area contributed by atoms with E-state index < -0.39 is 31.4 Å². The monoisotopic (exact) mass is 931 g/mol. The summed E-state index contributed by atoms with van der Waals surface area (Å²) in [6.07, 6.45) is 8.79. The number of carbonyl (C=O) groups is 1. The van der Waals surface area contributed by atoms with E-state index in [4.69, 9.17) is 25.8 Å². The van der Waals surface area contributed by atoms with Crippen LogP contribution in [0, 0.1) is 21.4 Å². The number of nitro groups is 1. The highest BCUT2D eigenvalue weighted by molar-refractivity contribution is 7.90. The molecule has 0 bridgehead atoms. The number of allylic oxidation sites excluding steroid dienone is 1. The van der Waals surface area contributed by atoms with Gasteiger partial charge in [0.25, 0.3) is 21.6 Å². The van der Waals surface area contributed by atoms with Crippen molar-refractivity contribution >= 4 is 55.5 Å². The average molecular weight is 932 g/mol. The zero-order chi connectivity index (χ0) is 46.2. The summed E-state index contributed by atoms with van der Waals surface area (Å²) < 4.78 is 47.5. The van der Waals surface area contributed by atoms with Gasteiger partial charge in [-0.1, -0.05) is 43.2 Å². The molecule has 0 radical (unpaired) electrons. The van der Waals surface area contributed by atoms with Crippen molar-refractivity contribution in [3.8, 4) is 23.0 Å². The number of ether oxygens (including phenoxy) is 3. The van der Waals surface area contributed by atoms with Crippen molar-refractivity contribution in [3.63, 3.8) is 0 Å². The standard InChI is InChI=1S/C49H50ClN7O8S/c1-49(2)14-12-34(43(26-49)32-4-6-35(50)7-5-32)29-55-16-18-56(19-17-55)37-9-11-41(46(23-37)65-39-22-33-13-15-51-47(33)53-28-39)48(58)54-66(61,62)40-24-44(57(59)60)42-21-31(30-64-45(42)25-40)20-36-8-10-38(63-3)27-52-36/h4-11,13,15,22-25,27-28,31H,12,14,16-21,26,29-30H2,1-3H3,(H,51,53)(H,54,58)/t31-/m0/s1. The van der Waals surface area contributed by atoms with Gasteiger partial charge in [-0.3, -0.25) is 24.8 Å². The molecule has 17 heteroatoms. The minimum Gasteiger partial charge on any atom is -0.495 e. The second kappa shape index (κ2) is 18.4.